The van der Waals surface area contributed by atoms with Crippen molar-refractivity contribution < 1.29 is 4.74 Å². The molecule has 2 aromatic rings. The first-order chi connectivity index (χ1) is 13.0. The van der Waals surface area contributed by atoms with Crippen molar-refractivity contribution in [2.45, 2.75) is 64.6 Å². The van der Waals surface area contributed by atoms with Gasteiger partial charge in [0.2, 0.25) is 0 Å². The third-order valence-corrected chi connectivity index (χ3v) is 6.59. The molecule has 140 valence electrons. The number of hydrogen-bond acceptors (Lipinski definition) is 3. The van der Waals surface area contributed by atoms with Crippen LogP contribution in [0, 0.1) is 19.8 Å². The van der Waals surface area contributed by atoms with Crippen molar-refractivity contribution in [1.82, 2.24) is 5.01 Å². The van der Waals surface area contributed by atoms with E-state index in [4.69, 9.17) is 9.84 Å². The molecule has 2 aliphatic heterocycles. The maximum absolute atomic E-state index is 6.70. The molecule has 3 heteroatoms. The molecular formula is C24H28N2O. The summed E-state index contributed by atoms with van der Waals surface area (Å²) in [5, 5.41) is 7.49. The maximum atomic E-state index is 6.70. The zero-order chi connectivity index (χ0) is 18.6. The van der Waals surface area contributed by atoms with Gasteiger partial charge in [-0.2, -0.15) is 5.10 Å². The van der Waals surface area contributed by atoms with Gasteiger partial charge in [-0.3, -0.25) is 0 Å². The molecule has 0 unspecified atom stereocenters. The second-order valence-electron chi connectivity index (χ2n) is 8.75. The highest BCUT2D eigenvalue weighted by Gasteiger charge is 2.51. The van der Waals surface area contributed by atoms with E-state index in [2.05, 4.69) is 68.2 Å². The lowest BCUT2D eigenvalue weighted by atomic mass is 9.82. The molecule has 5 rings (SSSR count). The van der Waals surface area contributed by atoms with Crippen LogP contribution in [0.2, 0.25) is 0 Å². The number of ether oxygens (including phenoxy) is 1. The number of fused-ring (bicyclic) bond motifs is 4. The molecule has 0 bridgehead atoms. The van der Waals surface area contributed by atoms with E-state index in [1.165, 1.54) is 40.8 Å². The van der Waals surface area contributed by atoms with Gasteiger partial charge in [-0.05, 0) is 44.2 Å². The summed E-state index contributed by atoms with van der Waals surface area (Å²) in [4.78, 5) is 0. The fourth-order valence-corrected chi connectivity index (χ4v) is 4.87. The topological polar surface area (TPSA) is 24.8 Å². The van der Waals surface area contributed by atoms with Gasteiger partial charge in [0.15, 0.2) is 5.72 Å². The highest BCUT2D eigenvalue weighted by Crippen LogP contribution is 2.52. The smallest absolute Gasteiger partial charge is 0.198 e. The predicted octanol–water partition coefficient (Wildman–Crippen LogP) is 5.75. The second-order valence-corrected chi connectivity index (χ2v) is 8.75. The standard InChI is InChI=1S/C24H28N2O/c1-16-4-7-19(8-5-16)21-15-22-20-14-18(3)6-9-23(20)27-24(26(22)25-21)12-10-17(2)11-13-24/h4-9,14,17,22H,10-13,15H2,1-3H3/t17?,22-,24?/m0/s1. The molecule has 0 aromatic heterocycles. The van der Waals surface area contributed by atoms with E-state index in [0.29, 0.717) is 6.04 Å². The van der Waals surface area contributed by atoms with E-state index < -0.39 is 0 Å². The summed E-state index contributed by atoms with van der Waals surface area (Å²) in [6.45, 7) is 6.65. The maximum Gasteiger partial charge on any atom is 0.198 e. The number of nitrogens with zero attached hydrogens (tertiary/aromatic N) is 2. The van der Waals surface area contributed by atoms with Crippen LogP contribution in [0.5, 0.6) is 5.75 Å². The van der Waals surface area contributed by atoms with Gasteiger partial charge in [-0.25, -0.2) is 5.01 Å². The van der Waals surface area contributed by atoms with Crippen LogP contribution in [0.3, 0.4) is 0 Å². The minimum absolute atomic E-state index is 0.272. The summed E-state index contributed by atoms with van der Waals surface area (Å²) in [5.41, 5.74) is 6.03. The Labute approximate surface area is 162 Å². The average Bonchev–Trinajstić information content (AvgIpc) is 3.12. The predicted molar refractivity (Wildman–Crippen MR) is 109 cm³/mol. The molecule has 0 radical (unpaired) electrons. The van der Waals surface area contributed by atoms with Crippen LogP contribution < -0.4 is 4.74 Å². The van der Waals surface area contributed by atoms with Crippen LogP contribution in [0.25, 0.3) is 0 Å². The first-order valence-electron chi connectivity index (χ1n) is 10.3. The molecule has 1 fully saturated rings. The van der Waals surface area contributed by atoms with E-state index in [-0.39, 0.29) is 5.72 Å². The summed E-state index contributed by atoms with van der Waals surface area (Å²) in [6.07, 6.45) is 5.49. The minimum atomic E-state index is -0.272. The first-order valence-corrected chi connectivity index (χ1v) is 10.3. The van der Waals surface area contributed by atoms with E-state index in [0.717, 1.165) is 30.9 Å². The van der Waals surface area contributed by atoms with Gasteiger partial charge in [-0.1, -0.05) is 54.4 Å². The van der Waals surface area contributed by atoms with Gasteiger partial charge in [-0.15, -0.1) is 0 Å². The van der Waals surface area contributed by atoms with Crippen molar-refractivity contribution in [3.8, 4) is 5.75 Å². The van der Waals surface area contributed by atoms with E-state index >= 15 is 0 Å². The molecule has 1 saturated carbocycles. The highest BCUT2D eigenvalue weighted by molar-refractivity contribution is 6.02. The van der Waals surface area contributed by atoms with Gasteiger partial charge in [0, 0.05) is 24.8 Å². The molecule has 0 saturated heterocycles. The van der Waals surface area contributed by atoms with E-state index in [1.807, 2.05) is 0 Å². The van der Waals surface area contributed by atoms with Crippen LogP contribution in [0.1, 0.15) is 67.3 Å². The first kappa shape index (κ1) is 16.9. The Hall–Kier alpha value is -2.29. The SMILES string of the molecule is Cc1ccc(C2=NN3[C@@H](C2)c2cc(C)ccc2OC32CCC(C)CC2)cc1. The summed E-state index contributed by atoms with van der Waals surface area (Å²) in [5.74, 6) is 1.84. The minimum Gasteiger partial charge on any atom is -0.466 e. The third kappa shape index (κ3) is 2.75. The Morgan fingerprint density at radius 3 is 2.44 bits per heavy atom. The van der Waals surface area contributed by atoms with Crippen molar-refractivity contribution >= 4 is 5.71 Å². The van der Waals surface area contributed by atoms with Crippen molar-refractivity contribution in [3.05, 3.63) is 64.7 Å². The zero-order valence-corrected chi connectivity index (χ0v) is 16.5. The van der Waals surface area contributed by atoms with Gasteiger partial charge < -0.3 is 4.74 Å². The molecule has 1 aliphatic carbocycles. The number of hydrogen-bond donors (Lipinski definition) is 0. The summed E-state index contributed by atoms with van der Waals surface area (Å²) >= 11 is 0. The number of rotatable bonds is 1. The number of hydrazone groups is 1. The molecule has 3 aliphatic rings. The monoisotopic (exact) mass is 360 g/mol. The Bertz CT molecular complexity index is 891. The fourth-order valence-electron chi connectivity index (χ4n) is 4.87. The molecule has 2 heterocycles. The van der Waals surface area contributed by atoms with Gasteiger partial charge in [0.25, 0.3) is 0 Å². The normalized spacial score (nSPS) is 29.1. The lowest BCUT2D eigenvalue weighted by Gasteiger charge is -2.50. The van der Waals surface area contributed by atoms with Gasteiger partial charge >= 0.3 is 0 Å². The average molecular weight is 361 g/mol. The molecule has 1 atom stereocenters. The summed E-state index contributed by atoms with van der Waals surface area (Å²) in [7, 11) is 0. The molecule has 1 spiro atoms. The van der Waals surface area contributed by atoms with Gasteiger partial charge in [0.05, 0.1) is 11.8 Å². The fraction of sp³-hybridized carbons (Fsp3) is 0.458. The Balaban J connectivity index is 1.58. The highest BCUT2D eigenvalue weighted by atomic mass is 16.5. The van der Waals surface area contributed by atoms with E-state index in [1.54, 1.807) is 0 Å². The Morgan fingerprint density at radius 1 is 1.00 bits per heavy atom. The van der Waals surface area contributed by atoms with E-state index in [9.17, 15) is 0 Å². The van der Waals surface area contributed by atoms with Crippen molar-refractivity contribution in [3.63, 3.8) is 0 Å². The van der Waals surface area contributed by atoms with Crippen molar-refractivity contribution in [2.75, 3.05) is 0 Å². The molecular weight excluding hydrogens is 332 g/mol. The van der Waals surface area contributed by atoms with Crippen LogP contribution in [0.15, 0.2) is 47.6 Å². The van der Waals surface area contributed by atoms with Crippen LogP contribution in [0.4, 0.5) is 0 Å². The van der Waals surface area contributed by atoms with Crippen LogP contribution in [-0.2, 0) is 0 Å². The number of benzene rings is 2. The lowest BCUT2D eigenvalue weighted by Crippen LogP contribution is -2.55. The Kier molecular flexibility index (Phi) is 3.82. The summed E-state index contributed by atoms with van der Waals surface area (Å²) in [6, 6.07) is 15.7. The summed E-state index contributed by atoms with van der Waals surface area (Å²) < 4.78 is 6.70. The third-order valence-electron chi connectivity index (χ3n) is 6.59. The second kappa shape index (κ2) is 6.12. The largest absolute Gasteiger partial charge is 0.466 e. The van der Waals surface area contributed by atoms with Crippen LogP contribution in [-0.4, -0.2) is 16.4 Å². The zero-order valence-electron chi connectivity index (χ0n) is 16.5. The quantitative estimate of drug-likeness (QED) is 0.646. The van der Waals surface area contributed by atoms with Gasteiger partial charge in [0.1, 0.15) is 5.75 Å². The van der Waals surface area contributed by atoms with Crippen LogP contribution >= 0.6 is 0 Å². The number of aryl methyl sites for hydroxylation is 2. The molecule has 2 aromatic carbocycles. The molecule has 0 amide bonds. The Morgan fingerprint density at radius 2 is 1.70 bits per heavy atom. The molecule has 27 heavy (non-hydrogen) atoms. The lowest BCUT2D eigenvalue weighted by molar-refractivity contribution is -0.145. The van der Waals surface area contributed by atoms with Crippen molar-refractivity contribution in [2.24, 2.45) is 11.0 Å². The van der Waals surface area contributed by atoms with Crippen molar-refractivity contribution in [1.29, 1.82) is 0 Å². The molecule has 3 nitrogen and oxygen atoms in total. The molecule has 0 N–H and O–H groups in total.